The molecule has 0 fully saturated rings. The lowest BCUT2D eigenvalue weighted by Gasteiger charge is -2.37. The van der Waals surface area contributed by atoms with Crippen LogP contribution in [-0.4, -0.2) is 5.78 Å². The lowest BCUT2D eigenvalue weighted by molar-refractivity contribution is -0.124. The summed E-state index contributed by atoms with van der Waals surface area (Å²) in [5.74, 6) is 0.425. The normalized spacial score (nSPS) is 27.9. The van der Waals surface area contributed by atoms with Gasteiger partial charge in [-0.15, -0.1) is 0 Å². The molecule has 0 aromatic heterocycles. The summed E-state index contributed by atoms with van der Waals surface area (Å²) in [5, 5.41) is 0. The number of carbonyl (C=O) groups excluding carboxylic acids is 1. The highest BCUT2D eigenvalue weighted by Crippen LogP contribution is 2.53. The Hall–Kier alpha value is -1.63. The highest BCUT2D eigenvalue weighted by molar-refractivity contribution is 5.96. The molecule has 4 rings (SSSR count). The first-order valence-electron chi connectivity index (χ1n) is 7.66. The fraction of sp³-hybridized carbons (Fsp3) is 0.421. The molecule has 102 valence electrons. The van der Waals surface area contributed by atoms with E-state index in [-0.39, 0.29) is 5.41 Å². The van der Waals surface area contributed by atoms with Gasteiger partial charge in [0.1, 0.15) is 5.78 Å². The Morgan fingerprint density at radius 3 is 2.80 bits per heavy atom. The molecule has 1 heteroatoms. The van der Waals surface area contributed by atoms with E-state index in [0.717, 1.165) is 25.7 Å². The monoisotopic (exact) mass is 264 g/mol. The van der Waals surface area contributed by atoms with Gasteiger partial charge in [-0.2, -0.15) is 0 Å². The molecule has 0 spiro atoms. The van der Waals surface area contributed by atoms with Crippen molar-refractivity contribution in [3.8, 4) is 0 Å². The second kappa shape index (κ2) is 3.94. The van der Waals surface area contributed by atoms with Crippen LogP contribution in [-0.2, 0) is 11.2 Å². The number of benzene rings is 1. The number of aryl methyl sites for hydroxylation is 2. The molecule has 0 saturated carbocycles. The highest BCUT2D eigenvalue weighted by atomic mass is 16.1. The molecule has 0 radical (unpaired) electrons. The van der Waals surface area contributed by atoms with Gasteiger partial charge in [0.2, 0.25) is 0 Å². The molecule has 1 aromatic carbocycles. The number of fused-ring (bicyclic) bond motifs is 4. The first-order valence-corrected chi connectivity index (χ1v) is 7.66. The van der Waals surface area contributed by atoms with Crippen LogP contribution in [0.3, 0.4) is 0 Å². The van der Waals surface area contributed by atoms with E-state index in [9.17, 15) is 4.79 Å². The average molecular weight is 264 g/mol. The van der Waals surface area contributed by atoms with Crippen LogP contribution in [0.25, 0.3) is 5.57 Å². The van der Waals surface area contributed by atoms with E-state index in [2.05, 4.69) is 38.1 Å². The van der Waals surface area contributed by atoms with Gasteiger partial charge in [0.15, 0.2) is 0 Å². The van der Waals surface area contributed by atoms with Crippen molar-refractivity contribution in [2.45, 2.75) is 46.0 Å². The Bertz CT molecular complexity index is 690. The van der Waals surface area contributed by atoms with E-state index in [1.807, 2.05) is 0 Å². The molecule has 0 aliphatic heterocycles. The molecule has 0 bridgehead atoms. The molecular formula is C19H20O. The SMILES string of the molecule is Cc1ccc2c(c1)CCC1=C2CC[C@]2(C)C(=O)CC=C12. The second-order valence-electron chi connectivity index (χ2n) is 6.69. The zero-order valence-electron chi connectivity index (χ0n) is 12.3. The Morgan fingerprint density at radius 2 is 1.95 bits per heavy atom. The second-order valence-corrected chi connectivity index (χ2v) is 6.69. The maximum Gasteiger partial charge on any atom is 0.146 e. The van der Waals surface area contributed by atoms with Crippen LogP contribution in [0.2, 0.25) is 0 Å². The van der Waals surface area contributed by atoms with Gasteiger partial charge in [0.05, 0.1) is 5.41 Å². The number of ketones is 1. The van der Waals surface area contributed by atoms with Crippen molar-refractivity contribution in [3.05, 3.63) is 52.1 Å². The van der Waals surface area contributed by atoms with E-state index in [0.29, 0.717) is 12.2 Å². The summed E-state index contributed by atoms with van der Waals surface area (Å²) >= 11 is 0. The summed E-state index contributed by atoms with van der Waals surface area (Å²) < 4.78 is 0. The maximum atomic E-state index is 12.2. The van der Waals surface area contributed by atoms with E-state index in [1.165, 1.54) is 33.4 Å². The van der Waals surface area contributed by atoms with E-state index >= 15 is 0 Å². The number of allylic oxidation sites excluding steroid dienone is 4. The standard InChI is InChI=1S/C19H20O/c1-12-3-5-14-13(11-12)4-6-16-15(14)9-10-19(2)17(16)7-8-18(19)20/h3,5,7,11H,4,6,8-10H2,1-2H3/t19-/m0/s1. The molecule has 1 nitrogen and oxygen atoms in total. The summed E-state index contributed by atoms with van der Waals surface area (Å²) in [6.07, 6.45) is 7.13. The largest absolute Gasteiger partial charge is 0.298 e. The summed E-state index contributed by atoms with van der Waals surface area (Å²) in [6.45, 7) is 4.32. The van der Waals surface area contributed by atoms with Gasteiger partial charge in [-0.3, -0.25) is 4.79 Å². The fourth-order valence-corrected chi connectivity index (χ4v) is 4.28. The van der Waals surface area contributed by atoms with Crippen LogP contribution in [0.5, 0.6) is 0 Å². The molecule has 1 aromatic rings. The molecule has 0 unspecified atom stereocenters. The average Bonchev–Trinajstić information content (AvgIpc) is 2.74. The van der Waals surface area contributed by atoms with Crippen molar-refractivity contribution in [2.24, 2.45) is 5.41 Å². The molecule has 3 aliphatic carbocycles. The van der Waals surface area contributed by atoms with Crippen LogP contribution in [0.4, 0.5) is 0 Å². The minimum absolute atomic E-state index is 0.180. The van der Waals surface area contributed by atoms with Crippen molar-refractivity contribution < 1.29 is 4.79 Å². The van der Waals surface area contributed by atoms with Crippen LogP contribution in [0.15, 0.2) is 35.4 Å². The van der Waals surface area contributed by atoms with Crippen LogP contribution in [0.1, 0.15) is 49.3 Å². The predicted molar refractivity (Wildman–Crippen MR) is 81.5 cm³/mol. The third-order valence-electron chi connectivity index (χ3n) is 5.50. The summed E-state index contributed by atoms with van der Waals surface area (Å²) in [7, 11) is 0. The molecule has 20 heavy (non-hydrogen) atoms. The van der Waals surface area contributed by atoms with Crippen LogP contribution < -0.4 is 0 Å². The van der Waals surface area contributed by atoms with Crippen molar-refractivity contribution in [3.63, 3.8) is 0 Å². The van der Waals surface area contributed by atoms with E-state index in [1.54, 1.807) is 0 Å². The van der Waals surface area contributed by atoms with Gasteiger partial charge in [-0.05, 0) is 67.4 Å². The lowest BCUT2D eigenvalue weighted by Crippen LogP contribution is -2.30. The molecule has 1 atom stereocenters. The number of carbonyl (C=O) groups is 1. The van der Waals surface area contributed by atoms with Crippen molar-refractivity contribution in [2.75, 3.05) is 0 Å². The highest BCUT2D eigenvalue weighted by Gasteiger charge is 2.45. The minimum atomic E-state index is -0.180. The molecule has 0 heterocycles. The van der Waals surface area contributed by atoms with Crippen molar-refractivity contribution in [1.82, 2.24) is 0 Å². The third kappa shape index (κ3) is 1.47. The fourth-order valence-electron chi connectivity index (χ4n) is 4.28. The minimum Gasteiger partial charge on any atom is -0.298 e. The maximum absolute atomic E-state index is 12.2. The quantitative estimate of drug-likeness (QED) is 0.679. The van der Waals surface area contributed by atoms with Gasteiger partial charge in [0.25, 0.3) is 0 Å². The zero-order valence-corrected chi connectivity index (χ0v) is 12.3. The number of rotatable bonds is 0. The predicted octanol–water partition coefficient (Wildman–Crippen LogP) is 4.39. The molecular weight excluding hydrogens is 244 g/mol. The summed E-state index contributed by atoms with van der Waals surface area (Å²) in [5.41, 5.74) is 8.47. The van der Waals surface area contributed by atoms with E-state index < -0.39 is 0 Å². The smallest absolute Gasteiger partial charge is 0.146 e. The molecule has 0 amide bonds. The summed E-state index contributed by atoms with van der Waals surface area (Å²) in [4.78, 5) is 12.2. The number of hydrogen-bond donors (Lipinski definition) is 0. The van der Waals surface area contributed by atoms with Crippen LogP contribution >= 0.6 is 0 Å². The Labute approximate surface area is 120 Å². The molecule has 0 saturated heterocycles. The Balaban J connectivity index is 1.89. The molecule has 3 aliphatic rings. The van der Waals surface area contributed by atoms with Gasteiger partial charge in [-0.1, -0.05) is 29.8 Å². The third-order valence-corrected chi connectivity index (χ3v) is 5.50. The number of Topliss-reactive ketones (excluding diaryl/α,β-unsaturated/α-hetero) is 1. The molecule has 0 N–H and O–H groups in total. The Morgan fingerprint density at radius 1 is 1.10 bits per heavy atom. The van der Waals surface area contributed by atoms with Gasteiger partial charge in [-0.25, -0.2) is 0 Å². The Kier molecular flexibility index (Phi) is 2.39. The van der Waals surface area contributed by atoms with Crippen molar-refractivity contribution in [1.29, 1.82) is 0 Å². The van der Waals surface area contributed by atoms with Crippen molar-refractivity contribution >= 4 is 11.4 Å². The first-order chi connectivity index (χ1) is 9.59. The lowest BCUT2D eigenvalue weighted by atomic mass is 9.65. The van der Waals surface area contributed by atoms with E-state index in [4.69, 9.17) is 0 Å². The zero-order chi connectivity index (χ0) is 13.9. The van der Waals surface area contributed by atoms with Gasteiger partial charge >= 0.3 is 0 Å². The van der Waals surface area contributed by atoms with Crippen LogP contribution in [0, 0.1) is 12.3 Å². The van der Waals surface area contributed by atoms with Gasteiger partial charge < -0.3 is 0 Å². The van der Waals surface area contributed by atoms with Gasteiger partial charge in [0, 0.05) is 6.42 Å². The number of hydrogen-bond acceptors (Lipinski definition) is 1. The first kappa shape index (κ1) is 12.1. The summed E-state index contributed by atoms with van der Waals surface area (Å²) in [6, 6.07) is 6.84. The topological polar surface area (TPSA) is 17.1 Å².